The fourth-order valence-corrected chi connectivity index (χ4v) is 1.84. The van der Waals surface area contributed by atoms with E-state index in [2.05, 4.69) is 38.5 Å². The van der Waals surface area contributed by atoms with Gasteiger partial charge < -0.3 is 0 Å². The van der Waals surface area contributed by atoms with Crippen molar-refractivity contribution in [1.29, 1.82) is 0 Å². The van der Waals surface area contributed by atoms with Gasteiger partial charge in [-0.3, -0.25) is 4.79 Å². The van der Waals surface area contributed by atoms with E-state index in [1.165, 1.54) is 0 Å². The van der Waals surface area contributed by atoms with Crippen LogP contribution in [0.5, 0.6) is 0 Å². The number of hydrogen-bond donors (Lipinski definition) is 0. The van der Waals surface area contributed by atoms with Gasteiger partial charge in [0, 0.05) is 13.6 Å². The van der Waals surface area contributed by atoms with Crippen LogP contribution >= 0.6 is 38.5 Å². The maximum absolute atomic E-state index is 10.4. The zero-order valence-corrected chi connectivity index (χ0v) is 9.64. The minimum atomic E-state index is 0.732. The van der Waals surface area contributed by atoms with Crippen molar-refractivity contribution in [2.45, 2.75) is 6.92 Å². The molecule has 58 valence electrons. The summed E-state index contributed by atoms with van der Waals surface area (Å²) in [5.74, 6) is 0. The predicted molar refractivity (Wildman–Crippen MR) is 57.0 cm³/mol. The van der Waals surface area contributed by atoms with Crippen molar-refractivity contribution in [2.75, 3.05) is 0 Å². The summed E-state index contributed by atoms with van der Waals surface area (Å²) in [6.07, 6.45) is 0.863. The third kappa shape index (κ3) is 2.02. The molecule has 1 rings (SSSR count). The van der Waals surface area contributed by atoms with E-state index in [9.17, 15) is 4.79 Å². The molecule has 0 saturated carbocycles. The average molecular weight is 325 g/mol. The molecule has 1 aromatic carbocycles. The molecular weight excluding hydrogens is 319 g/mol. The molecule has 0 aliphatic rings. The lowest BCUT2D eigenvalue weighted by atomic mass is 10.2. The van der Waals surface area contributed by atoms with Crippen molar-refractivity contribution in [3.8, 4) is 0 Å². The molecule has 0 N–H and O–H groups in total. The number of aryl methyl sites for hydroxylation is 1. The van der Waals surface area contributed by atoms with Crippen molar-refractivity contribution in [3.63, 3.8) is 0 Å². The molecule has 0 unspecified atom stereocenters. The summed E-state index contributed by atoms with van der Waals surface area (Å²) < 4.78 is 2.15. The van der Waals surface area contributed by atoms with Crippen LogP contribution in [-0.4, -0.2) is 6.29 Å². The molecular formula is C8H6BrIO. The Morgan fingerprint density at radius 3 is 2.64 bits per heavy atom. The van der Waals surface area contributed by atoms with Crippen LogP contribution in [0.3, 0.4) is 0 Å². The minimum Gasteiger partial charge on any atom is -0.298 e. The summed E-state index contributed by atoms with van der Waals surface area (Å²) in [6.45, 7) is 1.97. The van der Waals surface area contributed by atoms with Gasteiger partial charge in [-0.15, -0.1) is 0 Å². The van der Waals surface area contributed by atoms with Crippen LogP contribution in [0.1, 0.15) is 15.9 Å². The maximum atomic E-state index is 10.4. The van der Waals surface area contributed by atoms with Crippen LogP contribution in [0.2, 0.25) is 0 Å². The molecule has 0 amide bonds. The molecule has 0 spiro atoms. The van der Waals surface area contributed by atoms with Crippen LogP contribution < -0.4 is 0 Å². The third-order valence-electron chi connectivity index (χ3n) is 1.37. The zero-order valence-electron chi connectivity index (χ0n) is 5.90. The highest BCUT2D eigenvalue weighted by atomic mass is 127. The van der Waals surface area contributed by atoms with E-state index in [0.717, 1.165) is 25.5 Å². The lowest BCUT2D eigenvalue weighted by Crippen LogP contribution is -1.86. The van der Waals surface area contributed by atoms with Crippen molar-refractivity contribution in [1.82, 2.24) is 0 Å². The van der Waals surface area contributed by atoms with Crippen molar-refractivity contribution in [3.05, 3.63) is 31.3 Å². The maximum Gasteiger partial charge on any atom is 0.150 e. The Balaban J connectivity index is 3.31. The number of halogens is 2. The second kappa shape index (κ2) is 3.67. The normalized spacial score (nSPS) is 9.73. The van der Waals surface area contributed by atoms with Crippen LogP contribution in [0, 0.1) is 10.5 Å². The third-order valence-corrected chi connectivity index (χ3v) is 4.01. The Morgan fingerprint density at radius 1 is 1.55 bits per heavy atom. The van der Waals surface area contributed by atoms with Gasteiger partial charge in [-0.1, -0.05) is 0 Å². The number of aldehydes is 1. The molecule has 1 nitrogen and oxygen atoms in total. The first kappa shape index (κ1) is 9.19. The number of carbonyl (C=O) groups is 1. The quantitative estimate of drug-likeness (QED) is 0.573. The first-order chi connectivity index (χ1) is 5.15. The standard InChI is InChI=1S/C8H6BrIO/c1-5-2-6(4-11)3-7(10)8(5)9/h2-4H,1H3. The van der Waals surface area contributed by atoms with E-state index in [1.807, 2.05) is 19.1 Å². The van der Waals surface area contributed by atoms with Gasteiger partial charge in [0.15, 0.2) is 0 Å². The summed E-state index contributed by atoms with van der Waals surface area (Å²) in [7, 11) is 0. The van der Waals surface area contributed by atoms with Crippen LogP contribution in [-0.2, 0) is 0 Å². The van der Waals surface area contributed by atoms with E-state index in [4.69, 9.17) is 0 Å². The molecule has 0 radical (unpaired) electrons. The summed E-state index contributed by atoms with van der Waals surface area (Å²) in [4.78, 5) is 10.4. The monoisotopic (exact) mass is 324 g/mol. The summed E-state index contributed by atoms with van der Waals surface area (Å²) in [5, 5.41) is 0. The van der Waals surface area contributed by atoms with Crippen molar-refractivity contribution < 1.29 is 4.79 Å². The minimum absolute atomic E-state index is 0.732. The Bertz CT molecular complexity index is 273. The Kier molecular flexibility index (Phi) is 3.06. The first-order valence-corrected chi connectivity index (χ1v) is 4.93. The second-order valence-electron chi connectivity index (χ2n) is 2.25. The number of carbonyl (C=O) groups excluding carboxylic acids is 1. The fraction of sp³-hybridized carbons (Fsp3) is 0.125. The van der Waals surface area contributed by atoms with Gasteiger partial charge in [-0.2, -0.15) is 0 Å². The van der Waals surface area contributed by atoms with Crippen molar-refractivity contribution >= 4 is 44.8 Å². The van der Waals surface area contributed by atoms with Gasteiger partial charge in [-0.05, 0) is 63.1 Å². The average Bonchev–Trinajstić information content (AvgIpc) is 1.99. The molecule has 0 aromatic heterocycles. The first-order valence-electron chi connectivity index (χ1n) is 3.06. The lowest BCUT2D eigenvalue weighted by molar-refractivity contribution is 0.112. The molecule has 0 saturated heterocycles. The van der Waals surface area contributed by atoms with E-state index < -0.39 is 0 Å². The lowest BCUT2D eigenvalue weighted by Gasteiger charge is -2.01. The van der Waals surface area contributed by atoms with Gasteiger partial charge in [0.2, 0.25) is 0 Å². The smallest absolute Gasteiger partial charge is 0.150 e. The van der Waals surface area contributed by atoms with Gasteiger partial charge in [0.25, 0.3) is 0 Å². The van der Waals surface area contributed by atoms with Gasteiger partial charge in [0.1, 0.15) is 6.29 Å². The Morgan fingerprint density at radius 2 is 2.18 bits per heavy atom. The largest absolute Gasteiger partial charge is 0.298 e. The highest BCUT2D eigenvalue weighted by Crippen LogP contribution is 2.23. The van der Waals surface area contributed by atoms with E-state index in [0.29, 0.717) is 0 Å². The van der Waals surface area contributed by atoms with Crippen LogP contribution in [0.25, 0.3) is 0 Å². The van der Waals surface area contributed by atoms with Crippen LogP contribution in [0.4, 0.5) is 0 Å². The van der Waals surface area contributed by atoms with E-state index >= 15 is 0 Å². The summed E-state index contributed by atoms with van der Waals surface area (Å²) in [6, 6.07) is 3.71. The molecule has 11 heavy (non-hydrogen) atoms. The summed E-state index contributed by atoms with van der Waals surface area (Å²) in [5.41, 5.74) is 1.83. The van der Waals surface area contributed by atoms with Gasteiger partial charge in [0.05, 0.1) is 0 Å². The predicted octanol–water partition coefficient (Wildman–Crippen LogP) is 3.17. The van der Waals surface area contributed by atoms with Crippen LogP contribution in [0.15, 0.2) is 16.6 Å². The zero-order chi connectivity index (χ0) is 8.43. The number of benzene rings is 1. The van der Waals surface area contributed by atoms with E-state index in [1.54, 1.807) is 0 Å². The van der Waals surface area contributed by atoms with Gasteiger partial charge in [-0.25, -0.2) is 0 Å². The van der Waals surface area contributed by atoms with Gasteiger partial charge >= 0.3 is 0 Å². The Hall–Kier alpha value is 0.100. The molecule has 0 heterocycles. The molecule has 0 bridgehead atoms. The van der Waals surface area contributed by atoms with Crippen molar-refractivity contribution in [2.24, 2.45) is 0 Å². The molecule has 3 heteroatoms. The molecule has 1 aromatic rings. The SMILES string of the molecule is Cc1cc(C=O)cc(I)c1Br. The highest BCUT2D eigenvalue weighted by Gasteiger charge is 2.01. The molecule has 0 fully saturated rings. The molecule has 0 atom stereocenters. The number of hydrogen-bond acceptors (Lipinski definition) is 1. The molecule has 0 aliphatic heterocycles. The second-order valence-corrected chi connectivity index (χ2v) is 4.21. The summed E-state index contributed by atoms with van der Waals surface area (Å²) >= 11 is 5.61. The Labute approximate surface area is 87.5 Å². The molecule has 0 aliphatic carbocycles. The fourth-order valence-electron chi connectivity index (χ4n) is 0.821. The highest BCUT2D eigenvalue weighted by molar-refractivity contribution is 14.1. The van der Waals surface area contributed by atoms with E-state index in [-0.39, 0.29) is 0 Å². The number of rotatable bonds is 1. The topological polar surface area (TPSA) is 17.1 Å².